The zero-order chi connectivity index (χ0) is 92.5. The van der Waals surface area contributed by atoms with Gasteiger partial charge in [-0.3, -0.25) is 19.2 Å². The normalized spacial score (nSPS) is 12.5. The molecule has 0 radical (unpaired) electrons. The topological polar surface area (TPSA) is 448 Å². The van der Waals surface area contributed by atoms with E-state index in [1.54, 1.807) is 4.90 Å². The molecule has 4 amide bonds. The first-order valence-electron chi connectivity index (χ1n) is 44.1. The first kappa shape index (κ1) is 97.0. The Morgan fingerprint density at radius 1 is 0.326 bits per heavy atom. The SMILES string of the molecule is CCCCC(=O)N(Cc1ccc(-c2ccccc2-c2nn[nH]n2)cc1)C(C(=O)O)C(C)C.CCCCC(=O)N(Cc1ccc(-c2ccccc2-c2nn[nH]n2)cc1)C(C(=O)O)C1CC1.CCCCC(=O)N(Cc1ccc(-c2ccccc2-c2nn[nH]n2)cc1)C(CC(C)C)C(=O)O.CCCCC(=O)N(Cc1ccc(-c2ccccc2-c2nn[nH]n2)cc1)[C@H](C(=O)O)C(C)C. The molecule has 0 bridgehead atoms. The minimum absolute atomic E-state index is 0.0548. The Morgan fingerprint density at radius 2 is 0.574 bits per heavy atom. The second-order valence-electron chi connectivity index (χ2n) is 33.1. The van der Waals surface area contributed by atoms with Crippen LogP contribution in [0, 0.1) is 23.7 Å². The van der Waals surface area contributed by atoms with E-state index in [1.165, 1.54) is 14.7 Å². The maximum Gasteiger partial charge on any atom is 0.326 e. The number of aliphatic carboxylic acids is 4. The third-order valence-corrected chi connectivity index (χ3v) is 22.2. The van der Waals surface area contributed by atoms with E-state index in [0.29, 0.717) is 61.9 Å². The third-order valence-electron chi connectivity index (χ3n) is 22.2. The molecule has 8 N–H and O–H groups in total. The largest absolute Gasteiger partial charge is 0.480 e. The smallest absolute Gasteiger partial charge is 0.326 e. The van der Waals surface area contributed by atoms with E-state index in [-0.39, 0.29) is 66.9 Å². The number of tetrazole rings is 4. The van der Waals surface area contributed by atoms with Gasteiger partial charge in [-0.2, -0.15) is 20.9 Å². The number of rotatable bonds is 41. The van der Waals surface area contributed by atoms with Gasteiger partial charge in [-0.1, -0.05) is 289 Å². The van der Waals surface area contributed by atoms with Gasteiger partial charge in [0.1, 0.15) is 24.2 Å². The highest BCUT2D eigenvalue weighted by Gasteiger charge is 2.43. The zero-order valence-electron chi connectivity index (χ0n) is 74.7. The molecule has 4 atom stereocenters. The summed E-state index contributed by atoms with van der Waals surface area (Å²) in [6.07, 6.45) is 10.1. The molecule has 0 spiro atoms. The molecule has 8 aromatic carbocycles. The Hall–Kier alpha value is -14.2. The minimum Gasteiger partial charge on any atom is -0.480 e. The number of aromatic amines is 4. The molecule has 32 nitrogen and oxygen atoms in total. The van der Waals surface area contributed by atoms with Gasteiger partial charge in [-0.15, -0.1) is 40.8 Å². The summed E-state index contributed by atoms with van der Waals surface area (Å²) in [4.78, 5) is 105. The zero-order valence-corrected chi connectivity index (χ0v) is 74.7. The summed E-state index contributed by atoms with van der Waals surface area (Å²) in [5.74, 6) is -2.39. The molecule has 12 aromatic rings. The number of carboxylic acid groups (broad SMARTS) is 4. The molecule has 4 aromatic heterocycles. The van der Waals surface area contributed by atoms with Crippen LogP contribution in [0.3, 0.4) is 0 Å². The number of nitrogens with zero attached hydrogens (tertiary/aromatic N) is 16. The van der Waals surface area contributed by atoms with Crippen molar-refractivity contribution >= 4 is 47.5 Å². The first-order valence-corrected chi connectivity index (χ1v) is 44.1. The second-order valence-corrected chi connectivity index (χ2v) is 33.1. The summed E-state index contributed by atoms with van der Waals surface area (Å²) in [5, 5.41) is 96.3. The number of aromatic nitrogens is 16. The monoisotopic (exact) mass is 1750 g/mol. The molecule has 1 aliphatic rings. The molecular formula is C97H116N20O12. The maximum atomic E-state index is 12.9. The highest BCUT2D eigenvalue weighted by Crippen LogP contribution is 2.39. The van der Waals surface area contributed by atoms with Crippen molar-refractivity contribution in [2.24, 2.45) is 23.7 Å². The van der Waals surface area contributed by atoms with Gasteiger partial charge < -0.3 is 40.0 Å². The summed E-state index contributed by atoms with van der Waals surface area (Å²) in [5.41, 5.74) is 14.7. The van der Waals surface area contributed by atoms with E-state index < -0.39 is 48.0 Å². The van der Waals surface area contributed by atoms with Crippen molar-refractivity contribution in [3.05, 3.63) is 216 Å². The van der Waals surface area contributed by atoms with Crippen LogP contribution in [0.4, 0.5) is 0 Å². The molecule has 1 saturated carbocycles. The van der Waals surface area contributed by atoms with Crippen LogP contribution >= 0.6 is 0 Å². The predicted octanol–water partition coefficient (Wildman–Crippen LogP) is 16.8. The number of amides is 4. The fourth-order valence-electron chi connectivity index (χ4n) is 15.4. The molecule has 0 saturated heterocycles. The summed E-state index contributed by atoms with van der Waals surface area (Å²) < 4.78 is 0. The van der Waals surface area contributed by atoms with Gasteiger partial charge in [0.15, 0.2) is 0 Å². The van der Waals surface area contributed by atoms with Gasteiger partial charge in [0, 0.05) is 74.1 Å². The number of H-pyrrole nitrogens is 4. The predicted molar refractivity (Wildman–Crippen MR) is 488 cm³/mol. The van der Waals surface area contributed by atoms with Crippen LogP contribution in [-0.2, 0) is 64.5 Å². The minimum atomic E-state index is -0.976. The number of unbranched alkanes of at least 4 members (excludes halogenated alkanes) is 4. The molecule has 4 heterocycles. The van der Waals surface area contributed by atoms with Gasteiger partial charge in [-0.25, -0.2) is 19.2 Å². The number of hydrogen-bond donors (Lipinski definition) is 8. The van der Waals surface area contributed by atoms with Crippen molar-refractivity contribution in [2.75, 3.05) is 0 Å². The van der Waals surface area contributed by atoms with Crippen molar-refractivity contribution in [1.29, 1.82) is 0 Å². The molecule has 129 heavy (non-hydrogen) atoms. The van der Waals surface area contributed by atoms with E-state index in [1.807, 2.05) is 263 Å². The van der Waals surface area contributed by atoms with E-state index in [9.17, 15) is 58.8 Å². The fourth-order valence-corrected chi connectivity index (χ4v) is 15.4. The molecule has 0 aliphatic heterocycles. The highest BCUT2D eigenvalue weighted by molar-refractivity contribution is 5.89. The van der Waals surface area contributed by atoms with Gasteiger partial charge >= 0.3 is 23.9 Å². The van der Waals surface area contributed by atoms with Crippen LogP contribution in [-0.4, -0.2) is 194 Å². The summed E-state index contributed by atoms with van der Waals surface area (Å²) in [6, 6.07) is 59.1. The fraction of sp³-hybridized carbons (Fsp3) is 0.381. The quantitative estimate of drug-likeness (QED) is 0.0176. The summed E-state index contributed by atoms with van der Waals surface area (Å²) >= 11 is 0. The summed E-state index contributed by atoms with van der Waals surface area (Å²) in [6.45, 7) is 20.4. The number of hydrogen-bond acceptors (Lipinski definition) is 20. The Balaban J connectivity index is 0.000000179. The van der Waals surface area contributed by atoms with Crippen molar-refractivity contribution in [1.82, 2.24) is 102 Å². The number of carbonyl (C=O) groups is 8. The van der Waals surface area contributed by atoms with Crippen molar-refractivity contribution in [3.63, 3.8) is 0 Å². The van der Waals surface area contributed by atoms with Crippen molar-refractivity contribution in [2.45, 2.75) is 216 Å². The number of carboxylic acids is 4. The van der Waals surface area contributed by atoms with E-state index in [4.69, 9.17) is 0 Å². The maximum absolute atomic E-state index is 12.9. The van der Waals surface area contributed by atoms with Crippen molar-refractivity contribution < 1.29 is 58.8 Å². The molecular weight excluding hydrogens is 1640 g/mol. The van der Waals surface area contributed by atoms with Crippen LogP contribution in [0.2, 0.25) is 0 Å². The van der Waals surface area contributed by atoms with Crippen molar-refractivity contribution in [3.8, 4) is 90.1 Å². The van der Waals surface area contributed by atoms with Crippen LogP contribution < -0.4 is 0 Å². The second kappa shape index (κ2) is 48.5. The van der Waals surface area contributed by atoms with Crippen LogP contribution in [0.1, 0.15) is 188 Å². The van der Waals surface area contributed by atoms with Crippen LogP contribution in [0.25, 0.3) is 90.1 Å². The molecule has 1 fully saturated rings. The molecule has 3 unspecified atom stereocenters. The Kier molecular flexibility index (Phi) is 36.5. The Bertz CT molecular complexity index is 5150. The van der Waals surface area contributed by atoms with Gasteiger partial charge in [-0.05, 0) is 156 Å². The Labute approximate surface area is 750 Å². The van der Waals surface area contributed by atoms with Gasteiger partial charge in [0.25, 0.3) is 0 Å². The lowest BCUT2D eigenvalue weighted by Crippen LogP contribution is -2.47. The average molecular weight is 1750 g/mol. The van der Waals surface area contributed by atoms with E-state index in [2.05, 4.69) is 82.5 Å². The first-order chi connectivity index (χ1) is 62.3. The van der Waals surface area contributed by atoms with Gasteiger partial charge in [0.05, 0.1) is 0 Å². The van der Waals surface area contributed by atoms with Crippen LogP contribution in [0.15, 0.2) is 194 Å². The molecule has 1 aliphatic carbocycles. The van der Waals surface area contributed by atoms with E-state index in [0.717, 1.165) is 153 Å². The van der Waals surface area contributed by atoms with Crippen LogP contribution in [0.5, 0.6) is 0 Å². The lowest BCUT2D eigenvalue weighted by Gasteiger charge is -2.32. The molecule has 13 rings (SSSR count). The third kappa shape index (κ3) is 27.2. The lowest BCUT2D eigenvalue weighted by molar-refractivity contribution is -0.153. The van der Waals surface area contributed by atoms with E-state index >= 15 is 0 Å². The number of nitrogens with one attached hydrogen (secondary N) is 4. The Morgan fingerprint density at radius 3 is 0.791 bits per heavy atom. The standard InChI is InChI=1S/C25H31N5O3.C24H27N5O3.2C24H29N5O3/c1-4-5-10-23(31)30(22(25(32)33)15-17(2)3)16-18-11-13-19(14-12-18)20-8-6-7-9-21(20)24-26-28-29-27-24;1-2-3-8-21(30)29(22(24(31)32)18-13-14-18)15-16-9-11-17(12-10-16)19-6-4-5-7-20(19)23-25-27-28-26-23;2*1-4-5-10-21(30)29(22(16(2)3)24(31)32)15-17-11-13-18(14-12-17)19-8-6-7-9-20(19)23-25-27-28-26-23/h6-9,11-14,17,22H,4-5,10,15-16H2,1-3H3,(H,32,33)(H,26,27,28,29);4-7,9-12,18,22H,2-3,8,13-15H2,1H3,(H,31,32)(H,25,26,27,28);2*6-9,11-14,16,22H,4-5,10,15H2,1-3H3,(H,31,32)(H,25,26,27,28)/t;;22-;/m..0./s1. The summed E-state index contributed by atoms with van der Waals surface area (Å²) in [7, 11) is 0. The number of carbonyl (C=O) groups excluding carboxylic acids is 4. The number of benzene rings is 8. The lowest BCUT2D eigenvalue weighted by atomic mass is 9.97. The molecule has 32 heteroatoms. The van der Waals surface area contributed by atoms with Gasteiger partial charge in [0.2, 0.25) is 46.9 Å². The average Bonchev–Trinajstić information content (AvgIpc) is 1.25. The molecule has 676 valence electrons. The highest BCUT2D eigenvalue weighted by atomic mass is 16.4.